The zero-order valence-electron chi connectivity index (χ0n) is 13.8. The third kappa shape index (κ3) is 4.45. The molecule has 1 aromatic rings. The number of rotatable bonds is 5. The first kappa shape index (κ1) is 16.3. The van der Waals surface area contributed by atoms with Crippen LogP contribution in [0.15, 0.2) is 24.3 Å². The van der Waals surface area contributed by atoms with Crippen LogP contribution in [-0.2, 0) is 0 Å². The predicted molar refractivity (Wildman–Crippen MR) is 86.6 cm³/mol. The van der Waals surface area contributed by atoms with Crippen molar-refractivity contribution in [3.05, 3.63) is 29.8 Å². The third-order valence-corrected chi connectivity index (χ3v) is 4.50. The maximum atomic E-state index is 10.4. The highest BCUT2D eigenvalue weighted by Gasteiger charge is 2.32. The van der Waals surface area contributed by atoms with E-state index in [2.05, 4.69) is 25.7 Å². The van der Waals surface area contributed by atoms with Crippen LogP contribution < -0.4 is 4.74 Å². The quantitative estimate of drug-likeness (QED) is 0.901. The molecule has 118 valence electrons. The highest BCUT2D eigenvalue weighted by Crippen LogP contribution is 2.34. The zero-order valence-corrected chi connectivity index (χ0v) is 13.8. The number of likely N-dealkylation sites (tertiary alicyclic amines) is 1. The van der Waals surface area contributed by atoms with Crippen LogP contribution in [0.3, 0.4) is 0 Å². The summed E-state index contributed by atoms with van der Waals surface area (Å²) in [6, 6.07) is 7.80. The fraction of sp³-hybridized carbons (Fsp3) is 0.667. The van der Waals surface area contributed by atoms with E-state index in [0.717, 1.165) is 36.9 Å². The molecule has 1 heterocycles. The predicted octanol–water partition coefficient (Wildman–Crippen LogP) is 3.49. The first-order chi connectivity index (χ1) is 9.90. The molecule has 1 N–H and O–H groups in total. The summed E-state index contributed by atoms with van der Waals surface area (Å²) < 4.78 is 5.43. The monoisotopic (exact) mass is 291 g/mol. The second-order valence-electron chi connectivity index (χ2n) is 7.13. The number of β-amino-alcohol motifs (C(OH)–C–C–N with tert-alkyl or cyclic N) is 1. The largest absolute Gasteiger partial charge is 0.494 e. The Morgan fingerprint density at radius 1 is 1.29 bits per heavy atom. The minimum Gasteiger partial charge on any atom is -0.494 e. The van der Waals surface area contributed by atoms with E-state index in [1.165, 1.54) is 6.42 Å². The maximum absolute atomic E-state index is 10.4. The molecule has 1 aliphatic heterocycles. The topological polar surface area (TPSA) is 32.7 Å². The van der Waals surface area contributed by atoms with Crippen molar-refractivity contribution in [2.24, 2.45) is 11.3 Å². The minimum absolute atomic E-state index is 0.360. The van der Waals surface area contributed by atoms with Crippen LogP contribution in [0, 0.1) is 11.3 Å². The summed E-state index contributed by atoms with van der Waals surface area (Å²) in [6.07, 6.45) is 0.818. The summed E-state index contributed by atoms with van der Waals surface area (Å²) >= 11 is 0. The second kappa shape index (κ2) is 6.80. The Labute approximate surface area is 128 Å². The van der Waals surface area contributed by atoms with Crippen molar-refractivity contribution in [1.29, 1.82) is 0 Å². The summed E-state index contributed by atoms with van der Waals surface area (Å²) in [6.45, 7) is 12.5. The van der Waals surface area contributed by atoms with Crippen molar-refractivity contribution in [2.45, 2.75) is 40.2 Å². The Morgan fingerprint density at radius 3 is 2.48 bits per heavy atom. The van der Waals surface area contributed by atoms with E-state index in [1.54, 1.807) is 0 Å². The van der Waals surface area contributed by atoms with Crippen LogP contribution in [0.2, 0.25) is 0 Å². The molecule has 0 aromatic heterocycles. The van der Waals surface area contributed by atoms with Crippen molar-refractivity contribution in [2.75, 3.05) is 26.2 Å². The van der Waals surface area contributed by atoms with Crippen LogP contribution in [-0.4, -0.2) is 36.2 Å². The van der Waals surface area contributed by atoms with Gasteiger partial charge in [0.05, 0.1) is 12.7 Å². The molecular weight excluding hydrogens is 262 g/mol. The number of aliphatic hydroxyl groups is 1. The second-order valence-corrected chi connectivity index (χ2v) is 7.13. The molecule has 0 saturated carbocycles. The van der Waals surface area contributed by atoms with Crippen molar-refractivity contribution in [3.8, 4) is 5.75 Å². The van der Waals surface area contributed by atoms with E-state index >= 15 is 0 Å². The molecule has 2 unspecified atom stereocenters. The van der Waals surface area contributed by atoms with Crippen molar-refractivity contribution >= 4 is 0 Å². The highest BCUT2D eigenvalue weighted by molar-refractivity contribution is 5.28. The van der Waals surface area contributed by atoms with E-state index in [9.17, 15) is 5.11 Å². The SMILES string of the molecule is CCOc1ccc(C(O)CN2CCC(C(C)(C)C)C2)cc1. The molecule has 3 heteroatoms. The van der Waals surface area contributed by atoms with Gasteiger partial charge in [0.15, 0.2) is 0 Å². The molecule has 0 amide bonds. The Balaban J connectivity index is 1.88. The first-order valence-electron chi connectivity index (χ1n) is 8.03. The molecular formula is C18H29NO2. The maximum Gasteiger partial charge on any atom is 0.119 e. The Bertz CT molecular complexity index is 436. The molecule has 2 rings (SSSR count). The lowest BCUT2D eigenvalue weighted by atomic mass is 9.80. The van der Waals surface area contributed by atoms with Crippen LogP contribution >= 0.6 is 0 Å². The molecule has 1 aromatic carbocycles. The van der Waals surface area contributed by atoms with Gasteiger partial charge in [-0.2, -0.15) is 0 Å². The number of benzene rings is 1. The van der Waals surface area contributed by atoms with Gasteiger partial charge in [-0.3, -0.25) is 0 Å². The molecule has 21 heavy (non-hydrogen) atoms. The van der Waals surface area contributed by atoms with Gasteiger partial charge in [0.1, 0.15) is 5.75 Å². The van der Waals surface area contributed by atoms with Crippen LogP contribution in [0.5, 0.6) is 5.75 Å². The fourth-order valence-corrected chi connectivity index (χ4v) is 3.01. The summed E-state index contributed by atoms with van der Waals surface area (Å²) in [5.74, 6) is 1.59. The number of hydrogen-bond acceptors (Lipinski definition) is 3. The fourth-order valence-electron chi connectivity index (χ4n) is 3.01. The summed E-state index contributed by atoms with van der Waals surface area (Å²) in [5.41, 5.74) is 1.33. The van der Waals surface area contributed by atoms with Crippen molar-refractivity contribution in [3.63, 3.8) is 0 Å². The summed E-state index contributed by atoms with van der Waals surface area (Å²) in [4.78, 5) is 2.39. The van der Waals surface area contributed by atoms with E-state index in [1.807, 2.05) is 31.2 Å². The molecule has 1 aliphatic rings. The molecule has 3 nitrogen and oxygen atoms in total. The van der Waals surface area contributed by atoms with Crippen LogP contribution in [0.25, 0.3) is 0 Å². The molecule has 2 atom stereocenters. The molecule has 0 radical (unpaired) electrons. The normalized spacial score (nSPS) is 21.5. The van der Waals surface area contributed by atoms with Gasteiger partial charge >= 0.3 is 0 Å². The van der Waals surface area contributed by atoms with Crippen molar-refractivity contribution in [1.82, 2.24) is 4.90 Å². The van der Waals surface area contributed by atoms with Crippen molar-refractivity contribution < 1.29 is 9.84 Å². The Hall–Kier alpha value is -1.06. The van der Waals surface area contributed by atoms with Gasteiger partial charge in [0, 0.05) is 13.1 Å². The van der Waals surface area contributed by atoms with Gasteiger partial charge < -0.3 is 14.7 Å². The van der Waals surface area contributed by atoms with Gasteiger partial charge in [-0.25, -0.2) is 0 Å². The molecule has 1 saturated heterocycles. The average Bonchev–Trinajstić information content (AvgIpc) is 2.88. The van der Waals surface area contributed by atoms with Crippen LogP contribution in [0.1, 0.15) is 45.8 Å². The van der Waals surface area contributed by atoms with Gasteiger partial charge in [-0.1, -0.05) is 32.9 Å². The minimum atomic E-state index is -0.417. The lowest BCUT2D eigenvalue weighted by Gasteiger charge is -2.27. The number of aliphatic hydroxyl groups excluding tert-OH is 1. The highest BCUT2D eigenvalue weighted by atomic mass is 16.5. The molecule has 0 bridgehead atoms. The van der Waals surface area contributed by atoms with Gasteiger partial charge in [-0.05, 0) is 48.9 Å². The standard InChI is InChI=1S/C18H29NO2/c1-5-21-16-8-6-14(7-9-16)17(20)13-19-11-10-15(12-19)18(2,3)4/h6-9,15,17,20H,5,10-13H2,1-4H3. The third-order valence-electron chi connectivity index (χ3n) is 4.50. The summed E-state index contributed by atoms with van der Waals surface area (Å²) in [5, 5.41) is 10.4. The number of nitrogens with zero attached hydrogens (tertiary/aromatic N) is 1. The Kier molecular flexibility index (Phi) is 5.28. The molecule has 0 spiro atoms. The first-order valence-corrected chi connectivity index (χ1v) is 8.03. The lowest BCUT2D eigenvalue weighted by molar-refractivity contribution is 0.118. The number of ether oxygens (including phenoxy) is 1. The van der Waals surface area contributed by atoms with E-state index in [-0.39, 0.29) is 0 Å². The van der Waals surface area contributed by atoms with Gasteiger partial charge in [-0.15, -0.1) is 0 Å². The zero-order chi connectivity index (χ0) is 15.5. The van der Waals surface area contributed by atoms with Gasteiger partial charge in [0.25, 0.3) is 0 Å². The van der Waals surface area contributed by atoms with Gasteiger partial charge in [0.2, 0.25) is 0 Å². The van der Waals surface area contributed by atoms with Crippen LogP contribution in [0.4, 0.5) is 0 Å². The number of hydrogen-bond donors (Lipinski definition) is 1. The average molecular weight is 291 g/mol. The van der Waals surface area contributed by atoms with E-state index < -0.39 is 6.10 Å². The lowest BCUT2D eigenvalue weighted by Crippen LogP contribution is -2.29. The smallest absolute Gasteiger partial charge is 0.119 e. The molecule has 1 fully saturated rings. The van der Waals surface area contributed by atoms with E-state index in [0.29, 0.717) is 12.0 Å². The van der Waals surface area contributed by atoms with E-state index in [4.69, 9.17) is 4.74 Å². The summed E-state index contributed by atoms with van der Waals surface area (Å²) in [7, 11) is 0. The Morgan fingerprint density at radius 2 is 1.95 bits per heavy atom. The molecule has 0 aliphatic carbocycles.